The first kappa shape index (κ1) is 24.5. The lowest BCUT2D eigenvalue weighted by atomic mass is 10.0. The highest BCUT2D eigenvalue weighted by molar-refractivity contribution is 5.94. The molecule has 0 spiro atoms. The van der Waals surface area contributed by atoms with Gasteiger partial charge in [-0.3, -0.25) is 14.4 Å². The van der Waals surface area contributed by atoms with Gasteiger partial charge >= 0.3 is 5.97 Å². The Kier molecular flexibility index (Phi) is 9.22. The Morgan fingerprint density at radius 3 is 2.15 bits per heavy atom. The second-order valence-corrected chi connectivity index (χ2v) is 7.62. The number of hydrogen-bond acceptors (Lipinski definition) is 5. The van der Waals surface area contributed by atoms with Crippen LogP contribution in [0.15, 0.2) is 84.9 Å². The molecule has 2 amide bonds. The van der Waals surface area contributed by atoms with Crippen molar-refractivity contribution in [3.8, 4) is 5.75 Å². The van der Waals surface area contributed by atoms with Crippen LogP contribution in [0.4, 0.5) is 0 Å². The third-order valence-corrected chi connectivity index (χ3v) is 5.17. The zero-order chi connectivity index (χ0) is 24.2. The second-order valence-electron chi connectivity index (χ2n) is 7.62. The van der Waals surface area contributed by atoms with Crippen LogP contribution >= 0.6 is 0 Å². The van der Waals surface area contributed by atoms with Crippen LogP contribution in [0.1, 0.15) is 33.9 Å². The maximum atomic E-state index is 12.6. The molecule has 0 aromatic heterocycles. The summed E-state index contributed by atoms with van der Waals surface area (Å²) >= 11 is 0. The molecular formula is C27H28N2O5. The van der Waals surface area contributed by atoms with Gasteiger partial charge in [-0.1, -0.05) is 60.7 Å². The van der Waals surface area contributed by atoms with Gasteiger partial charge in [-0.25, -0.2) is 0 Å². The first-order valence-corrected chi connectivity index (χ1v) is 11.0. The topological polar surface area (TPSA) is 93.7 Å². The molecule has 0 saturated carbocycles. The average Bonchev–Trinajstić information content (AvgIpc) is 2.88. The number of benzene rings is 3. The van der Waals surface area contributed by atoms with Crippen LogP contribution in [0.25, 0.3) is 0 Å². The van der Waals surface area contributed by atoms with Crippen molar-refractivity contribution in [3.05, 3.63) is 102 Å². The molecule has 7 heteroatoms. The Morgan fingerprint density at radius 1 is 0.853 bits per heavy atom. The Labute approximate surface area is 199 Å². The zero-order valence-corrected chi connectivity index (χ0v) is 19.0. The SMILES string of the molecule is COc1ccc(CCNC(=O)COC(=O)CC(NC(=O)c2ccccc2)c2ccccc2)cc1. The number of ether oxygens (including phenoxy) is 2. The number of nitrogens with one attached hydrogen (secondary N) is 2. The van der Waals surface area contributed by atoms with E-state index in [0.29, 0.717) is 18.5 Å². The molecule has 0 aliphatic heterocycles. The minimum atomic E-state index is -0.584. The molecule has 3 aromatic rings. The van der Waals surface area contributed by atoms with E-state index in [1.807, 2.05) is 60.7 Å². The summed E-state index contributed by atoms with van der Waals surface area (Å²) in [5.41, 5.74) is 2.32. The highest BCUT2D eigenvalue weighted by Crippen LogP contribution is 2.18. The van der Waals surface area contributed by atoms with Crippen molar-refractivity contribution in [2.75, 3.05) is 20.3 Å². The standard InChI is InChI=1S/C27H28N2O5/c1-33-23-14-12-20(13-15-23)16-17-28-25(30)19-34-26(31)18-24(21-8-4-2-5-9-21)29-27(32)22-10-6-3-7-11-22/h2-15,24H,16-19H2,1H3,(H,28,30)(H,29,32). The first-order chi connectivity index (χ1) is 16.5. The first-order valence-electron chi connectivity index (χ1n) is 11.0. The molecule has 0 aliphatic carbocycles. The van der Waals surface area contributed by atoms with Gasteiger partial charge in [-0.05, 0) is 41.8 Å². The van der Waals surface area contributed by atoms with Gasteiger partial charge in [0.25, 0.3) is 11.8 Å². The van der Waals surface area contributed by atoms with Gasteiger partial charge in [0.1, 0.15) is 5.75 Å². The molecule has 1 unspecified atom stereocenters. The fraction of sp³-hybridized carbons (Fsp3) is 0.222. The Bertz CT molecular complexity index is 1070. The van der Waals surface area contributed by atoms with Crippen LogP contribution in [0, 0.1) is 0 Å². The van der Waals surface area contributed by atoms with Crippen molar-refractivity contribution in [2.45, 2.75) is 18.9 Å². The van der Waals surface area contributed by atoms with Gasteiger partial charge in [-0.2, -0.15) is 0 Å². The predicted molar refractivity (Wildman–Crippen MR) is 128 cm³/mol. The lowest BCUT2D eigenvalue weighted by molar-refractivity contribution is -0.149. The van der Waals surface area contributed by atoms with Crippen molar-refractivity contribution < 1.29 is 23.9 Å². The van der Waals surface area contributed by atoms with Crippen molar-refractivity contribution in [1.29, 1.82) is 0 Å². The van der Waals surface area contributed by atoms with E-state index in [-0.39, 0.29) is 24.8 Å². The van der Waals surface area contributed by atoms with Crippen molar-refractivity contribution >= 4 is 17.8 Å². The van der Waals surface area contributed by atoms with E-state index in [0.717, 1.165) is 16.9 Å². The summed E-state index contributed by atoms with van der Waals surface area (Å²) in [5.74, 6) is -0.481. The van der Waals surface area contributed by atoms with E-state index in [1.54, 1.807) is 31.4 Å². The molecule has 176 valence electrons. The molecule has 0 saturated heterocycles. The number of carbonyl (C=O) groups excluding carboxylic acids is 3. The van der Waals surface area contributed by atoms with E-state index in [2.05, 4.69) is 10.6 Å². The largest absolute Gasteiger partial charge is 0.497 e. The quantitative estimate of drug-likeness (QED) is 0.428. The molecular weight excluding hydrogens is 432 g/mol. The third kappa shape index (κ3) is 7.78. The molecule has 3 rings (SSSR count). The number of amides is 2. The van der Waals surface area contributed by atoms with Gasteiger partial charge in [-0.15, -0.1) is 0 Å². The molecule has 2 N–H and O–H groups in total. The summed E-state index contributed by atoms with van der Waals surface area (Å²) in [5, 5.41) is 5.62. The van der Waals surface area contributed by atoms with Gasteiger partial charge < -0.3 is 20.1 Å². The number of carbonyl (C=O) groups is 3. The van der Waals surface area contributed by atoms with Gasteiger partial charge in [0, 0.05) is 12.1 Å². The summed E-state index contributed by atoms with van der Waals surface area (Å²) in [6.07, 6.45) is 0.549. The lowest BCUT2D eigenvalue weighted by Gasteiger charge is -2.19. The van der Waals surface area contributed by atoms with Crippen LogP contribution in [0.2, 0.25) is 0 Å². The summed E-state index contributed by atoms with van der Waals surface area (Å²) in [6.45, 7) is 0.0398. The Morgan fingerprint density at radius 2 is 1.50 bits per heavy atom. The van der Waals surface area contributed by atoms with E-state index in [1.165, 1.54) is 0 Å². The second kappa shape index (κ2) is 12.8. The van der Waals surface area contributed by atoms with E-state index < -0.39 is 12.0 Å². The fourth-order valence-electron chi connectivity index (χ4n) is 3.33. The highest BCUT2D eigenvalue weighted by atomic mass is 16.5. The summed E-state index contributed by atoms with van der Waals surface area (Å²) in [4.78, 5) is 37.1. The van der Waals surface area contributed by atoms with Crippen LogP contribution in [0.5, 0.6) is 5.75 Å². The minimum Gasteiger partial charge on any atom is -0.497 e. The molecule has 0 heterocycles. The van der Waals surface area contributed by atoms with Gasteiger partial charge in [0.2, 0.25) is 0 Å². The smallest absolute Gasteiger partial charge is 0.308 e. The fourth-order valence-corrected chi connectivity index (χ4v) is 3.33. The molecule has 0 aliphatic rings. The number of hydrogen-bond donors (Lipinski definition) is 2. The van der Waals surface area contributed by atoms with Crippen LogP contribution < -0.4 is 15.4 Å². The van der Waals surface area contributed by atoms with E-state index >= 15 is 0 Å². The Hall–Kier alpha value is -4.13. The molecule has 34 heavy (non-hydrogen) atoms. The van der Waals surface area contributed by atoms with Crippen LogP contribution in [-0.4, -0.2) is 38.0 Å². The van der Waals surface area contributed by atoms with Crippen molar-refractivity contribution in [1.82, 2.24) is 10.6 Å². The number of esters is 1. The predicted octanol–water partition coefficient (Wildman–Crippen LogP) is 3.46. The number of rotatable bonds is 11. The van der Waals surface area contributed by atoms with Crippen molar-refractivity contribution in [2.24, 2.45) is 0 Å². The van der Waals surface area contributed by atoms with Crippen molar-refractivity contribution in [3.63, 3.8) is 0 Å². The van der Waals surface area contributed by atoms with Crippen LogP contribution in [-0.2, 0) is 20.7 Å². The molecule has 0 bridgehead atoms. The van der Waals surface area contributed by atoms with Gasteiger partial charge in [0.15, 0.2) is 6.61 Å². The Balaban J connectivity index is 1.47. The molecule has 0 fully saturated rings. The monoisotopic (exact) mass is 460 g/mol. The third-order valence-electron chi connectivity index (χ3n) is 5.17. The molecule has 3 aromatic carbocycles. The summed E-state index contributed by atoms with van der Waals surface area (Å²) < 4.78 is 10.3. The van der Waals surface area contributed by atoms with Crippen LogP contribution in [0.3, 0.4) is 0 Å². The average molecular weight is 461 g/mol. The van der Waals surface area contributed by atoms with E-state index in [9.17, 15) is 14.4 Å². The van der Waals surface area contributed by atoms with E-state index in [4.69, 9.17) is 9.47 Å². The normalized spacial score (nSPS) is 11.2. The highest BCUT2D eigenvalue weighted by Gasteiger charge is 2.20. The molecule has 0 radical (unpaired) electrons. The zero-order valence-electron chi connectivity index (χ0n) is 19.0. The maximum absolute atomic E-state index is 12.6. The maximum Gasteiger partial charge on any atom is 0.308 e. The minimum absolute atomic E-state index is 0.0955. The lowest BCUT2D eigenvalue weighted by Crippen LogP contribution is -2.33. The number of methoxy groups -OCH3 is 1. The van der Waals surface area contributed by atoms with Gasteiger partial charge in [0.05, 0.1) is 19.6 Å². The summed E-state index contributed by atoms with van der Waals surface area (Å²) in [7, 11) is 1.61. The molecule has 7 nitrogen and oxygen atoms in total. The summed E-state index contributed by atoms with van der Waals surface area (Å²) in [6, 6.07) is 24.9. The molecule has 1 atom stereocenters.